The van der Waals surface area contributed by atoms with Crippen LogP contribution in [0.3, 0.4) is 0 Å². The zero-order valence-corrected chi connectivity index (χ0v) is 18.5. The van der Waals surface area contributed by atoms with Gasteiger partial charge >= 0.3 is 0 Å². The minimum absolute atomic E-state index is 0.648. The van der Waals surface area contributed by atoms with Crippen LogP contribution in [-0.4, -0.2) is 24.2 Å². The Morgan fingerprint density at radius 2 is 1.50 bits per heavy atom. The molecule has 0 amide bonds. The Hall–Kier alpha value is -3.05. The first-order valence-corrected chi connectivity index (χ1v) is 10.4. The van der Waals surface area contributed by atoms with Gasteiger partial charge in [0.25, 0.3) is 0 Å². The molecule has 0 aromatic heterocycles. The minimum Gasteiger partial charge on any atom is -0.493 e. The molecule has 0 spiro atoms. The predicted molar refractivity (Wildman–Crippen MR) is 127 cm³/mol. The molecule has 0 bridgehead atoms. The summed E-state index contributed by atoms with van der Waals surface area (Å²) in [5, 5.41) is 4.14. The molecule has 0 radical (unpaired) electrons. The van der Waals surface area contributed by atoms with E-state index in [1.807, 2.05) is 42.5 Å². The number of benzene rings is 3. The summed E-state index contributed by atoms with van der Waals surface area (Å²) < 4.78 is 10.8. The van der Waals surface area contributed by atoms with Crippen molar-refractivity contribution in [1.29, 1.82) is 0 Å². The third-order valence-corrected chi connectivity index (χ3v) is 5.32. The fraction of sp³-hybridized carbons (Fsp3) is 0.240. The van der Waals surface area contributed by atoms with E-state index in [-0.39, 0.29) is 0 Å². The number of hydrogen-bond donors (Lipinski definition) is 1. The van der Waals surface area contributed by atoms with Crippen LogP contribution in [0, 0.1) is 0 Å². The van der Waals surface area contributed by atoms with Gasteiger partial charge in [-0.1, -0.05) is 61.5 Å². The van der Waals surface area contributed by atoms with Crippen LogP contribution < -0.4 is 14.8 Å². The Morgan fingerprint density at radius 1 is 0.833 bits per heavy atom. The van der Waals surface area contributed by atoms with Gasteiger partial charge in [-0.15, -0.1) is 0 Å². The molecule has 0 aliphatic rings. The fourth-order valence-electron chi connectivity index (χ4n) is 3.35. The third kappa shape index (κ3) is 5.51. The average Bonchev–Trinajstić information content (AvgIpc) is 2.79. The molecule has 4 nitrogen and oxygen atoms in total. The number of methoxy groups -OCH3 is 2. The van der Waals surface area contributed by atoms with E-state index in [9.17, 15) is 0 Å². The van der Waals surface area contributed by atoms with Crippen LogP contribution in [0.15, 0.2) is 72.8 Å². The first-order valence-electron chi connectivity index (χ1n) is 10.0. The van der Waals surface area contributed by atoms with E-state index < -0.39 is 0 Å². The molecule has 0 saturated heterocycles. The molecule has 0 fully saturated rings. The second-order valence-electron chi connectivity index (χ2n) is 6.97. The number of thiocarbonyl (C=S) groups is 1. The van der Waals surface area contributed by atoms with Crippen molar-refractivity contribution >= 4 is 23.0 Å². The predicted octanol–water partition coefficient (Wildman–Crippen LogP) is 5.67. The van der Waals surface area contributed by atoms with E-state index in [1.165, 1.54) is 11.1 Å². The first-order chi connectivity index (χ1) is 14.6. The average molecular weight is 421 g/mol. The van der Waals surface area contributed by atoms with Crippen LogP contribution in [0.4, 0.5) is 5.69 Å². The summed E-state index contributed by atoms with van der Waals surface area (Å²) in [6.07, 6.45) is 0.945. The lowest BCUT2D eigenvalue weighted by Crippen LogP contribution is -2.34. The molecule has 5 heteroatoms. The number of hydrogen-bond acceptors (Lipinski definition) is 3. The Balaban J connectivity index is 1.85. The number of nitrogens with zero attached hydrogens (tertiary/aromatic N) is 1. The van der Waals surface area contributed by atoms with Crippen molar-refractivity contribution < 1.29 is 9.47 Å². The highest BCUT2D eigenvalue weighted by atomic mass is 32.1. The second-order valence-corrected chi connectivity index (χ2v) is 7.36. The number of para-hydroxylation sites is 1. The maximum atomic E-state index is 5.83. The zero-order valence-electron chi connectivity index (χ0n) is 17.7. The molecule has 0 heterocycles. The minimum atomic E-state index is 0.648. The lowest BCUT2D eigenvalue weighted by atomic mass is 10.1. The van der Waals surface area contributed by atoms with Crippen molar-refractivity contribution in [3.8, 4) is 11.5 Å². The third-order valence-electron chi connectivity index (χ3n) is 4.96. The maximum absolute atomic E-state index is 5.83. The fourth-order valence-corrected chi connectivity index (χ4v) is 3.59. The second kappa shape index (κ2) is 10.6. The van der Waals surface area contributed by atoms with Gasteiger partial charge in [-0.2, -0.15) is 0 Å². The smallest absolute Gasteiger partial charge is 0.174 e. The maximum Gasteiger partial charge on any atom is 0.174 e. The van der Waals surface area contributed by atoms with Crippen molar-refractivity contribution in [3.05, 3.63) is 89.5 Å². The Morgan fingerprint density at radius 3 is 2.20 bits per heavy atom. The molecule has 3 rings (SSSR count). The Kier molecular flexibility index (Phi) is 7.69. The molecular formula is C25H28N2O2S. The van der Waals surface area contributed by atoms with Crippen molar-refractivity contribution in [2.24, 2.45) is 0 Å². The van der Waals surface area contributed by atoms with Crippen LogP contribution in [-0.2, 0) is 19.5 Å². The van der Waals surface area contributed by atoms with Gasteiger partial charge < -0.3 is 19.7 Å². The van der Waals surface area contributed by atoms with Crippen LogP contribution in [0.2, 0.25) is 0 Å². The number of rotatable bonds is 8. The van der Waals surface area contributed by atoms with Crippen LogP contribution in [0.25, 0.3) is 0 Å². The molecule has 0 atom stereocenters. The quantitative estimate of drug-likeness (QED) is 0.475. The molecular weight excluding hydrogens is 392 g/mol. The number of nitrogens with one attached hydrogen (secondary N) is 1. The summed E-state index contributed by atoms with van der Waals surface area (Å²) in [6, 6.07) is 24.6. The van der Waals surface area contributed by atoms with E-state index in [0.29, 0.717) is 29.7 Å². The monoisotopic (exact) mass is 420 g/mol. The number of ether oxygens (including phenoxy) is 2. The van der Waals surface area contributed by atoms with E-state index in [0.717, 1.165) is 17.7 Å². The normalized spacial score (nSPS) is 10.4. The van der Waals surface area contributed by atoms with Gasteiger partial charge in [0.05, 0.1) is 14.2 Å². The van der Waals surface area contributed by atoms with Gasteiger partial charge in [-0.25, -0.2) is 0 Å². The van der Waals surface area contributed by atoms with E-state index in [4.69, 9.17) is 21.7 Å². The van der Waals surface area contributed by atoms with Gasteiger partial charge in [-0.3, -0.25) is 0 Å². The van der Waals surface area contributed by atoms with Gasteiger partial charge in [-0.05, 0) is 53.5 Å². The number of aryl methyl sites for hydroxylation is 1. The lowest BCUT2D eigenvalue weighted by Gasteiger charge is -2.27. The van der Waals surface area contributed by atoms with Gasteiger partial charge in [0.1, 0.15) is 0 Å². The van der Waals surface area contributed by atoms with Gasteiger partial charge in [0, 0.05) is 18.8 Å². The van der Waals surface area contributed by atoms with E-state index in [1.54, 1.807) is 14.2 Å². The summed E-state index contributed by atoms with van der Waals surface area (Å²) in [4.78, 5) is 2.17. The molecule has 30 heavy (non-hydrogen) atoms. The highest BCUT2D eigenvalue weighted by Crippen LogP contribution is 2.28. The first kappa shape index (κ1) is 21.7. The Labute approximate surface area is 184 Å². The van der Waals surface area contributed by atoms with Gasteiger partial charge in [0.15, 0.2) is 16.6 Å². The largest absolute Gasteiger partial charge is 0.493 e. The summed E-state index contributed by atoms with van der Waals surface area (Å²) in [5.41, 5.74) is 4.59. The molecule has 0 saturated carbocycles. The summed E-state index contributed by atoms with van der Waals surface area (Å²) in [7, 11) is 3.29. The topological polar surface area (TPSA) is 33.7 Å². The summed E-state index contributed by atoms with van der Waals surface area (Å²) in [5.74, 6) is 1.43. The standard InChI is InChI=1S/C25H28N2O2S/c1-4-21-12-8-9-13-22(21)26-25(30)27(17-19-10-6-5-7-11-19)18-20-14-15-23(28-2)24(16-20)29-3/h5-16H,4,17-18H2,1-3H3,(H,26,30). The van der Waals surface area contributed by atoms with Crippen molar-refractivity contribution in [2.75, 3.05) is 19.5 Å². The number of anilines is 1. The molecule has 1 N–H and O–H groups in total. The van der Waals surface area contributed by atoms with Crippen molar-refractivity contribution in [3.63, 3.8) is 0 Å². The molecule has 3 aromatic carbocycles. The van der Waals surface area contributed by atoms with E-state index in [2.05, 4.69) is 47.5 Å². The molecule has 156 valence electrons. The summed E-state index contributed by atoms with van der Waals surface area (Å²) >= 11 is 5.83. The SMILES string of the molecule is CCc1ccccc1NC(=S)N(Cc1ccccc1)Cc1ccc(OC)c(OC)c1. The highest BCUT2D eigenvalue weighted by Gasteiger charge is 2.14. The molecule has 3 aromatic rings. The Bertz CT molecular complexity index is 976. The van der Waals surface area contributed by atoms with Crippen molar-refractivity contribution in [1.82, 2.24) is 4.90 Å². The highest BCUT2D eigenvalue weighted by molar-refractivity contribution is 7.80. The summed E-state index contributed by atoms with van der Waals surface area (Å²) in [6.45, 7) is 3.50. The lowest BCUT2D eigenvalue weighted by molar-refractivity contribution is 0.352. The molecule has 0 unspecified atom stereocenters. The van der Waals surface area contributed by atoms with E-state index >= 15 is 0 Å². The van der Waals surface area contributed by atoms with Crippen LogP contribution in [0.5, 0.6) is 11.5 Å². The zero-order chi connectivity index (χ0) is 21.3. The molecule has 0 aliphatic heterocycles. The van der Waals surface area contributed by atoms with Crippen LogP contribution >= 0.6 is 12.2 Å². The van der Waals surface area contributed by atoms with Gasteiger partial charge in [0.2, 0.25) is 0 Å². The van der Waals surface area contributed by atoms with Crippen molar-refractivity contribution in [2.45, 2.75) is 26.4 Å². The molecule has 0 aliphatic carbocycles. The van der Waals surface area contributed by atoms with Crippen LogP contribution in [0.1, 0.15) is 23.6 Å².